The Kier molecular flexibility index (Phi) is 5.68. The average molecular weight is 486 g/mol. The van der Waals surface area contributed by atoms with Crippen LogP contribution >= 0.6 is 0 Å². The molecule has 0 aromatic carbocycles. The summed E-state index contributed by atoms with van der Waals surface area (Å²) in [7, 11) is -32.2. The minimum atomic E-state index is -8.17. The van der Waals surface area contributed by atoms with Crippen molar-refractivity contribution in [2.24, 2.45) is 0 Å². The topological polar surface area (TPSA) is 217 Å². The Balaban J connectivity index is 8.42. The van der Waals surface area contributed by atoms with Gasteiger partial charge in [0.2, 0.25) is 0 Å². The van der Waals surface area contributed by atoms with Gasteiger partial charge in [0, 0.05) is 0 Å². The molecule has 0 bridgehead atoms. The number of halogens is 6. The smallest absolute Gasteiger partial charge is 0.283 e. The maximum Gasteiger partial charge on any atom is 0.458 e. The molecule has 0 fully saturated rings. The van der Waals surface area contributed by atoms with E-state index in [1.54, 1.807) is 0 Å². The molecular weight excluding hydrogens is 482 g/mol. The molecule has 0 saturated heterocycles. The summed E-state index contributed by atoms with van der Waals surface area (Å²) in [5.41, 5.74) is 0. The third-order valence-electron chi connectivity index (χ3n) is 2.53. The maximum atomic E-state index is 14.5. The SMILES string of the molecule is O=S(=O)(O)C(F)(C(F)(F)C(F)(F)F)C(S(=O)(=O)O)(S(=O)(=O)O)S(=O)(=O)O. The summed E-state index contributed by atoms with van der Waals surface area (Å²) in [6.45, 7) is 0. The van der Waals surface area contributed by atoms with Gasteiger partial charge in [-0.2, -0.15) is 55.6 Å². The minimum Gasteiger partial charge on any atom is -0.283 e. The zero-order chi connectivity index (χ0) is 22.0. The van der Waals surface area contributed by atoms with Gasteiger partial charge in [-0.15, -0.1) is 0 Å². The quantitative estimate of drug-likeness (QED) is 0.264. The van der Waals surface area contributed by atoms with Gasteiger partial charge in [-0.1, -0.05) is 0 Å². The normalized spacial score (nSPS) is 18.4. The van der Waals surface area contributed by atoms with Crippen LogP contribution in [0.25, 0.3) is 0 Å². The summed E-state index contributed by atoms with van der Waals surface area (Å²) in [5, 5.41) is -7.86. The van der Waals surface area contributed by atoms with E-state index < -0.39 is 61.0 Å². The number of hydrogen-bond donors (Lipinski definition) is 4. The molecule has 26 heavy (non-hydrogen) atoms. The number of rotatable bonds is 6. The molecule has 158 valence electrons. The van der Waals surface area contributed by atoms with Crippen LogP contribution in [-0.4, -0.2) is 72.4 Å². The van der Waals surface area contributed by atoms with Crippen molar-refractivity contribution in [3.8, 4) is 0 Å². The molecule has 0 amide bonds. The van der Waals surface area contributed by atoms with Crippen LogP contribution in [0.5, 0.6) is 0 Å². The van der Waals surface area contributed by atoms with Crippen molar-refractivity contribution in [2.45, 2.75) is 20.5 Å². The molecular formula is C4H4F6O12S4. The third-order valence-corrected chi connectivity index (χ3v) is 10.9. The molecule has 0 aliphatic carbocycles. The molecule has 0 aromatic rings. The summed E-state index contributed by atoms with van der Waals surface area (Å²) in [6, 6.07) is 0. The lowest BCUT2D eigenvalue weighted by molar-refractivity contribution is -0.311. The Morgan fingerprint density at radius 2 is 0.731 bits per heavy atom. The summed E-state index contributed by atoms with van der Waals surface area (Å²) >= 11 is 0. The third kappa shape index (κ3) is 2.96. The summed E-state index contributed by atoms with van der Waals surface area (Å²) in [5.74, 6) is -7.99. The van der Waals surface area contributed by atoms with Gasteiger partial charge >= 0.3 is 61.0 Å². The van der Waals surface area contributed by atoms with Crippen molar-refractivity contribution in [1.82, 2.24) is 0 Å². The van der Waals surface area contributed by atoms with Crippen molar-refractivity contribution in [2.75, 3.05) is 0 Å². The van der Waals surface area contributed by atoms with E-state index in [9.17, 15) is 60.0 Å². The van der Waals surface area contributed by atoms with Crippen molar-refractivity contribution in [3.63, 3.8) is 0 Å². The lowest BCUT2D eigenvalue weighted by Gasteiger charge is -2.39. The Bertz CT molecular complexity index is 923. The predicted octanol–water partition coefficient (Wildman–Crippen LogP) is -0.945. The molecule has 0 aliphatic heterocycles. The van der Waals surface area contributed by atoms with Gasteiger partial charge in [-0.05, 0) is 0 Å². The molecule has 0 spiro atoms. The van der Waals surface area contributed by atoms with E-state index in [2.05, 4.69) is 0 Å². The lowest BCUT2D eigenvalue weighted by atomic mass is 10.2. The molecule has 0 aliphatic rings. The van der Waals surface area contributed by atoms with Crippen LogP contribution in [0.4, 0.5) is 26.3 Å². The van der Waals surface area contributed by atoms with E-state index in [1.807, 2.05) is 0 Å². The van der Waals surface area contributed by atoms with Gasteiger partial charge in [0.05, 0.1) is 0 Å². The van der Waals surface area contributed by atoms with Crippen LogP contribution in [0.3, 0.4) is 0 Å². The number of hydrogen-bond acceptors (Lipinski definition) is 8. The van der Waals surface area contributed by atoms with E-state index in [1.165, 1.54) is 0 Å². The standard InChI is InChI=1S/C4H4F6O12S4/c5-1(6,3(8,9)10)2(7,23(11,12)13)4(24(14,15)16,25(17,18)19)26(20,21)22/h(H,11,12,13)(H,14,15,16)(H,17,18,19)(H,20,21,22). The van der Waals surface area contributed by atoms with E-state index in [0.29, 0.717) is 0 Å². The molecule has 0 rings (SSSR count). The molecule has 0 saturated carbocycles. The Morgan fingerprint density at radius 3 is 0.846 bits per heavy atom. The molecule has 4 N–H and O–H groups in total. The summed E-state index contributed by atoms with van der Waals surface area (Å²) in [4.78, 5) is 0. The highest BCUT2D eigenvalue weighted by Gasteiger charge is 2.95. The Morgan fingerprint density at radius 1 is 0.500 bits per heavy atom. The zero-order valence-electron chi connectivity index (χ0n) is 11.0. The fourth-order valence-corrected chi connectivity index (χ4v) is 8.82. The second kappa shape index (κ2) is 5.86. The van der Waals surface area contributed by atoms with E-state index in [-0.39, 0.29) is 0 Å². The van der Waals surface area contributed by atoms with Gasteiger partial charge in [0.1, 0.15) is 0 Å². The van der Waals surface area contributed by atoms with E-state index in [4.69, 9.17) is 18.2 Å². The highest BCUT2D eigenvalue weighted by Crippen LogP contribution is 2.58. The van der Waals surface area contributed by atoms with Crippen LogP contribution in [0.2, 0.25) is 0 Å². The molecule has 1 unspecified atom stereocenters. The highest BCUT2D eigenvalue weighted by atomic mass is 32.3. The van der Waals surface area contributed by atoms with Crippen LogP contribution in [0.1, 0.15) is 0 Å². The Hall–Kier alpha value is -0.780. The summed E-state index contributed by atoms with van der Waals surface area (Å²) in [6.07, 6.45) is -7.68. The van der Waals surface area contributed by atoms with Crippen LogP contribution < -0.4 is 0 Å². The zero-order valence-corrected chi connectivity index (χ0v) is 14.2. The van der Waals surface area contributed by atoms with Crippen molar-refractivity contribution < 1.29 is 78.2 Å². The van der Waals surface area contributed by atoms with Crippen LogP contribution in [-0.2, 0) is 40.5 Å². The largest absolute Gasteiger partial charge is 0.458 e. The highest BCUT2D eigenvalue weighted by molar-refractivity contribution is 8.22. The van der Waals surface area contributed by atoms with Crippen LogP contribution in [0.15, 0.2) is 0 Å². The predicted molar refractivity (Wildman–Crippen MR) is 63.8 cm³/mol. The second-order valence-electron chi connectivity index (χ2n) is 4.12. The van der Waals surface area contributed by atoms with Crippen LogP contribution in [0, 0.1) is 0 Å². The monoisotopic (exact) mass is 486 g/mol. The first-order valence-electron chi connectivity index (χ1n) is 4.76. The van der Waals surface area contributed by atoms with Gasteiger partial charge in [-0.3, -0.25) is 18.2 Å². The van der Waals surface area contributed by atoms with Gasteiger partial charge in [-0.25, -0.2) is 4.39 Å². The van der Waals surface area contributed by atoms with Crippen molar-refractivity contribution in [3.05, 3.63) is 0 Å². The number of alkyl halides is 6. The van der Waals surface area contributed by atoms with E-state index >= 15 is 0 Å². The molecule has 12 nitrogen and oxygen atoms in total. The van der Waals surface area contributed by atoms with Crippen molar-refractivity contribution >= 4 is 40.5 Å². The average Bonchev–Trinajstić information content (AvgIpc) is 2.18. The summed E-state index contributed by atoms with van der Waals surface area (Å²) < 4.78 is 192. The molecule has 0 heterocycles. The fraction of sp³-hybridized carbons (Fsp3) is 1.00. The first kappa shape index (κ1) is 25.2. The Labute approximate surface area is 139 Å². The lowest BCUT2D eigenvalue weighted by Crippen LogP contribution is -2.77. The molecule has 1 atom stereocenters. The van der Waals surface area contributed by atoms with E-state index in [0.717, 1.165) is 0 Å². The second-order valence-corrected chi connectivity index (χ2v) is 11.1. The molecule has 0 aromatic heterocycles. The molecule has 0 radical (unpaired) electrons. The molecule has 22 heteroatoms. The minimum absolute atomic E-state index is 7.30. The first-order valence-corrected chi connectivity index (χ1v) is 10.5. The first-order chi connectivity index (χ1) is 10.8. The van der Waals surface area contributed by atoms with Crippen molar-refractivity contribution in [1.29, 1.82) is 0 Å². The maximum absolute atomic E-state index is 14.5. The van der Waals surface area contributed by atoms with Gasteiger partial charge < -0.3 is 0 Å². The van der Waals surface area contributed by atoms with Gasteiger partial charge in [0.15, 0.2) is 0 Å². The fourth-order valence-electron chi connectivity index (χ4n) is 1.59. The van der Waals surface area contributed by atoms with Gasteiger partial charge in [0.25, 0.3) is 0 Å².